The van der Waals surface area contributed by atoms with Gasteiger partial charge >= 0.3 is 5.97 Å². The van der Waals surface area contributed by atoms with Crippen LogP contribution in [0.3, 0.4) is 0 Å². The Balaban J connectivity index is 1.78. The van der Waals surface area contributed by atoms with E-state index in [1.54, 1.807) is 54.6 Å². The molecule has 6 heteroatoms. The number of carbonyl (C=O) groups is 1. The summed E-state index contributed by atoms with van der Waals surface area (Å²) in [6.07, 6.45) is 0. The number of benzene rings is 3. The first kappa shape index (κ1) is 18.4. The van der Waals surface area contributed by atoms with Crippen molar-refractivity contribution in [2.45, 2.75) is 9.05 Å². The molecule has 132 valence electrons. The van der Waals surface area contributed by atoms with Crippen LogP contribution in [0.5, 0.6) is 5.75 Å². The third-order valence-electron chi connectivity index (χ3n) is 3.71. The van der Waals surface area contributed by atoms with Crippen molar-refractivity contribution in [2.24, 2.45) is 0 Å². The van der Waals surface area contributed by atoms with Crippen LogP contribution in [-0.4, -0.2) is 14.4 Å². The molecule has 0 aliphatic rings. The molecule has 0 fully saturated rings. The Morgan fingerprint density at radius 1 is 0.808 bits per heavy atom. The van der Waals surface area contributed by atoms with Crippen LogP contribution in [0.15, 0.2) is 89.8 Å². The second-order valence-electron chi connectivity index (χ2n) is 5.50. The van der Waals surface area contributed by atoms with E-state index in [1.807, 2.05) is 6.07 Å². The molecule has 0 aliphatic heterocycles. The Bertz CT molecular complexity index is 985. The molecule has 26 heavy (non-hydrogen) atoms. The number of sulfone groups is 1. The average molecular weight is 431 g/mol. The Labute approximate surface area is 160 Å². The minimum absolute atomic E-state index is 0.141. The van der Waals surface area contributed by atoms with Crippen LogP contribution in [-0.2, 0) is 9.84 Å². The predicted octanol–water partition coefficient (Wildman–Crippen LogP) is 4.77. The number of rotatable bonds is 5. The first-order valence-electron chi connectivity index (χ1n) is 7.79. The molecule has 0 bridgehead atoms. The van der Waals surface area contributed by atoms with Crippen LogP contribution in [0.25, 0.3) is 0 Å². The van der Waals surface area contributed by atoms with E-state index in [4.69, 9.17) is 4.74 Å². The molecule has 0 spiro atoms. The molecule has 0 aliphatic carbocycles. The van der Waals surface area contributed by atoms with Gasteiger partial charge in [0.05, 0.1) is 10.5 Å². The smallest absolute Gasteiger partial charge is 0.343 e. The van der Waals surface area contributed by atoms with Gasteiger partial charge in [-0.25, -0.2) is 13.2 Å². The highest BCUT2D eigenvalue weighted by Crippen LogP contribution is 2.34. The third kappa shape index (κ3) is 4.03. The molecule has 0 amide bonds. The quantitative estimate of drug-likeness (QED) is 0.332. The molecule has 1 atom stereocenters. The van der Waals surface area contributed by atoms with Crippen LogP contribution in [0, 0.1) is 0 Å². The molecule has 3 aromatic rings. The molecule has 3 aromatic carbocycles. The van der Waals surface area contributed by atoms with Crippen molar-refractivity contribution in [3.63, 3.8) is 0 Å². The predicted molar refractivity (Wildman–Crippen MR) is 103 cm³/mol. The van der Waals surface area contributed by atoms with E-state index >= 15 is 0 Å². The number of esters is 1. The molecule has 0 radical (unpaired) electrons. The SMILES string of the molecule is O=C(Oc1ccc(S(=O)(=O)C(Br)c2ccccc2)cc1)c1ccccc1. The van der Waals surface area contributed by atoms with Gasteiger partial charge in [0.15, 0.2) is 9.84 Å². The zero-order chi connectivity index (χ0) is 18.6. The van der Waals surface area contributed by atoms with Crippen LogP contribution in [0.4, 0.5) is 0 Å². The molecule has 4 nitrogen and oxygen atoms in total. The standard InChI is InChI=1S/C20H15BrO4S/c21-19(15-7-3-1-4-8-15)26(23,24)18-13-11-17(12-14-18)25-20(22)16-9-5-2-6-10-16/h1-14,19H. The van der Waals surface area contributed by atoms with E-state index in [2.05, 4.69) is 15.9 Å². The van der Waals surface area contributed by atoms with Gasteiger partial charge in [0.25, 0.3) is 0 Å². The highest BCUT2D eigenvalue weighted by molar-refractivity contribution is 9.10. The maximum absolute atomic E-state index is 12.7. The highest BCUT2D eigenvalue weighted by Gasteiger charge is 2.26. The number of ether oxygens (including phenoxy) is 1. The van der Waals surface area contributed by atoms with Crippen molar-refractivity contribution >= 4 is 31.7 Å². The summed E-state index contributed by atoms with van der Waals surface area (Å²) in [5, 5.41) is 0. The normalized spacial score (nSPS) is 12.3. The Morgan fingerprint density at radius 2 is 1.35 bits per heavy atom. The van der Waals surface area contributed by atoms with Crippen LogP contribution in [0.2, 0.25) is 0 Å². The van der Waals surface area contributed by atoms with Gasteiger partial charge in [-0.1, -0.05) is 64.5 Å². The lowest BCUT2D eigenvalue weighted by atomic mass is 10.2. The molecule has 0 saturated heterocycles. The Morgan fingerprint density at radius 3 is 1.92 bits per heavy atom. The van der Waals surface area contributed by atoms with Crippen LogP contribution in [0.1, 0.15) is 20.1 Å². The summed E-state index contributed by atoms with van der Waals surface area (Å²) in [4.78, 5) is 12.2. The fraction of sp³-hybridized carbons (Fsp3) is 0.0500. The average Bonchev–Trinajstić information content (AvgIpc) is 2.69. The van der Waals surface area contributed by atoms with Gasteiger partial charge < -0.3 is 4.74 Å². The Hall–Kier alpha value is -2.44. The minimum atomic E-state index is -3.61. The molecule has 0 N–H and O–H groups in total. The molecule has 0 saturated carbocycles. The maximum Gasteiger partial charge on any atom is 0.343 e. The lowest BCUT2D eigenvalue weighted by Gasteiger charge is -2.12. The van der Waals surface area contributed by atoms with Gasteiger partial charge in [-0.15, -0.1) is 0 Å². The van der Waals surface area contributed by atoms with E-state index in [0.717, 1.165) is 0 Å². The third-order valence-corrected chi connectivity index (χ3v) is 7.46. The topological polar surface area (TPSA) is 60.4 Å². The molecule has 0 aromatic heterocycles. The van der Waals surface area contributed by atoms with Gasteiger partial charge in [0.1, 0.15) is 9.91 Å². The van der Waals surface area contributed by atoms with Crippen molar-refractivity contribution in [2.75, 3.05) is 0 Å². The van der Waals surface area contributed by atoms with E-state index in [1.165, 1.54) is 24.3 Å². The van der Waals surface area contributed by atoms with Crippen molar-refractivity contribution in [1.82, 2.24) is 0 Å². The molecule has 3 rings (SSSR count). The zero-order valence-electron chi connectivity index (χ0n) is 13.6. The largest absolute Gasteiger partial charge is 0.423 e. The molecule has 1 unspecified atom stereocenters. The second kappa shape index (κ2) is 7.85. The van der Waals surface area contributed by atoms with Crippen molar-refractivity contribution < 1.29 is 17.9 Å². The van der Waals surface area contributed by atoms with Crippen molar-refractivity contribution in [3.8, 4) is 5.75 Å². The monoisotopic (exact) mass is 430 g/mol. The number of hydrogen-bond acceptors (Lipinski definition) is 4. The minimum Gasteiger partial charge on any atom is -0.423 e. The summed E-state index contributed by atoms with van der Waals surface area (Å²) in [7, 11) is -3.61. The Kier molecular flexibility index (Phi) is 5.54. The lowest BCUT2D eigenvalue weighted by Crippen LogP contribution is -2.10. The summed E-state index contributed by atoms with van der Waals surface area (Å²) in [6, 6.07) is 23.3. The van der Waals surface area contributed by atoms with Gasteiger partial charge in [-0.05, 0) is 42.0 Å². The first-order valence-corrected chi connectivity index (χ1v) is 10.2. The van der Waals surface area contributed by atoms with Crippen molar-refractivity contribution in [3.05, 3.63) is 96.1 Å². The number of carbonyl (C=O) groups excluding carboxylic acids is 1. The van der Waals surface area contributed by atoms with E-state index < -0.39 is 20.0 Å². The molecular formula is C20H15BrO4S. The molecular weight excluding hydrogens is 416 g/mol. The van der Waals surface area contributed by atoms with E-state index in [-0.39, 0.29) is 10.6 Å². The van der Waals surface area contributed by atoms with Gasteiger partial charge in [-0.2, -0.15) is 0 Å². The first-order chi connectivity index (χ1) is 12.5. The maximum atomic E-state index is 12.7. The fourth-order valence-electron chi connectivity index (χ4n) is 2.34. The lowest BCUT2D eigenvalue weighted by molar-refractivity contribution is 0.0734. The second-order valence-corrected chi connectivity index (χ2v) is 9.05. The summed E-state index contributed by atoms with van der Waals surface area (Å²) in [5.74, 6) is -0.215. The molecule has 0 heterocycles. The zero-order valence-corrected chi connectivity index (χ0v) is 16.0. The summed E-state index contributed by atoms with van der Waals surface area (Å²) >= 11 is 3.26. The van der Waals surface area contributed by atoms with E-state index in [9.17, 15) is 13.2 Å². The van der Waals surface area contributed by atoms with Crippen molar-refractivity contribution in [1.29, 1.82) is 0 Å². The summed E-state index contributed by atoms with van der Waals surface area (Å²) in [6.45, 7) is 0. The van der Waals surface area contributed by atoms with Gasteiger partial charge in [0.2, 0.25) is 0 Å². The van der Waals surface area contributed by atoms with E-state index in [0.29, 0.717) is 11.1 Å². The number of halogens is 1. The fourth-order valence-corrected chi connectivity index (χ4v) is 4.56. The van der Waals surface area contributed by atoms with Crippen LogP contribution >= 0.6 is 15.9 Å². The summed E-state index contributed by atoms with van der Waals surface area (Å²) < 4.78 is 29.9. The summed E-state index contributed by atoms with van der Waals surface area (Å²) in [5.41, 5.74) is 1.07. The highest BCUT2D eigenvalue weighted by atomic mass is 79.9. The van der Waals surface area contributed by atoms with Gasteiger partial charge in [-0.3, -0.25) is 0 Å². The number of alkyl halides is 1. The van der Waals surface area contributed by atoms with Gasteiger partial charge in [0, 0.05) is 0 Å². The van der Waals surface area contributed by atoms with Crippen LogP contribution < -0.4 is 4.74 Å². The number of hydrogen-bond donors (Lipinski definition) is 0.